The Morgan fingerprint density at radius 3 is 2.97 bits per heavy atom. The number of hydrogen-bond donors (Lipinski definition) is 0. The molecule has 1 amide bonds. The van der Waals surface area contributed by atoms with Gasteiger partial charge in [0, 0.05) is 31.4 Å². The Bertz CT molecular complexity index is 1260. The number of oxazole rings is 1. The van der Waals surface area contributed by atoms with Crippen molar-refractivity contribution < 1.29 is 13.9 Å². The number of rotatable bonds is 5. The molecule has 5 rings (SSSR count). The standard InChI is InChI=1S/C25H26N4O3/c1-17-6-3-10-23-27-22(16-29(17)23)25(30)28-11-5-8-19(15-28)24-26-14-21(32-24)13-18-7-4-9-20(12-18)31-2/h3-4,6-7,9-10,12,14,16,19H,5,8,11,13,15H2,1-2H3/t19-/m0/s1. The van der Waals surface area contributed by atoms with Crippen LogP contribution in [0.3, 0.4) is 0 Å². The number of ether oxygens (including phenoxy) is 1. The molecule has 1 saturated heterocycles. The molecule has 4 aromatic rings. The van der Waals surface area contributed by atoms with Gasteiger partial charge in [-0.3, -0.25) is 4.79 Å². The van der Waals surface area contributed by atoms with Crippen LogP contribution in [0.1, 0.15) is 52.2 Å². The fourth-order valence-electron chi connectivity index (χ4n) is 4.35. The van der Waals surface area contributed by atoms with Gasteiger partial charge in [-0.25, -0.2) is 9.97 Å². The van der Waals surface area contributed by atoms with Crippen LogP contribution in [0, 0.1) is 6.92 Å². The molecule has 32 heavy (non-hydrogen) atoms. The van der Waals surface area contributed by atoms with Crippen LogP contribution in [0.2, 0.25) is 0 Å². The number of carbonyl (C=O) groups excluding carboxylic acids is 1. The Labute approximate surface area is 186 Å². The van der Waals surface area contributed by atoms with Crippen molar-refractivity contribution in [3.05, 3.63) is 83.5 Å². The minimum absolute atomic E-state index is 0.0408. The highest BCUT2D eigenvalue weighted by Crippen LogP contribution is 2.28. The number of pyridine rings is 1. The number of nitrogens with zero attached hydrogens (tertiary/aromatic N) is 4. The molecule has 0 saturated carbocycles. The summed E-state index contributed by atoms with van der Waals surface area (Å²) in [6.45, 7) is 3.32. The Hall–Kier alpha value is -3.61. The summed E-state index contributed by atoms with van der Waals surface area (Å²) in [6.07, 6.45) is 6.14. The van der Waals surface area contributed by atoms with Crippen molar-refractivity contribution in [3.63, 3.8) is 0 Å². The van der Waals surface area contributed by atoms with Crippen LogP contribution in [0.25, 0.3) is 5.65 Å². The molecule has 4 heterocycles. The summed E-state index contributed by atoms with van der Waals surface area (Å²) in [7, 11) is 1.66. The number of imidazole rings is 1. The molecule has 3 aromatic heterocycles. The largest absolute Gasteiger partial charge is 0.497 e. The van der Waals surface area contributed by atoms with Gasteiger partial charge in [0.05, 0.1) is 19.2 Å². The lowest BCUT2D eigenvalue weighted by Crippen LogP contribution is -2.39. The molecule has 7 nitrogen and oxygen atoms in total. The number of piperidine rings is 1. The molecule has 0 unspecified atom stereocenters. The third-order valence-corrected chi connectivity index (χ3v) is 6.06. The lowest BCUT2D eigenvalue weighted by molar-refractivity contribution is 0.0692. The number of amides is 1. The zero-order valence-electron chi connectivity index (χ0n) is 18.3. The quantitative estimate of drug-likeness (QED) is 0.473. The summed E-state index contributed by atoms with van der Waals surface area (Å²) < 4.78 is 13.3. The highest BCUT2D eigenvalue weighted by molar-refractivity contribution is 5.93. The SMILES string of the molecule is COc1cccc(Cc2cnc([C@H]3CCCN(C(=O)c4cn5c(C)cccc5n4)C3)o2)c1. The Balaban J connectivity index is 1.29. The van der Waals surface area contributed by atoms with Gasteiger partial charge in [-0.05, 0) is 49.6 Å². The van der Waals surface area contributed by atoms with Crippen molar-refractivity contribution >= 4 is 11.6 Å². The maximum absolute atomic E-state index is 13.2. The van der Waals surface area contributed by atoms with Crippen molar-refractivity contribution in [2.45, 2.75) is 32.1 Å². The first-order valence-electron chi connectivity index (χ1n) is 10.9. The topological polar surface area (TPSA) is 72.9 Å². The molecule has 1 atom stereocenters. The van der Waals surface area contributed by atoms with E-state index >= 15 is 0 Å². The molecule has 1 aromatic carbocycles. The second-order valence-corrected chi connectivity index (χ2v) is 8.30. The Kier molecular flexibility index (Phi) is 5.39. The minimum Gasteiger partial charge on any atom is -0.497 e. The third kappa shape index (κ3) is 3.98. The van der Waals surface area contributed by atoms with Crippen LogP contribution in [-0.2, 0) is 6.42 Å². The van der Waals surface area contributed by atoms with Gasteiger partial charge in [0.2, 0.25) is 0 Å². The van der Waals surface area contributed by atoms with Gasteiger partial charge in [-0.2, -0.15) is 0 Å². The summed E-state index contributed by atoms with van der Waals surface area (Å²) in [5.74, 6) is 2.39. The number of hydrogen-bond acceptors (Lipinski definition) is 5. The van der Waals surface area contributed by atoms with Crippen molar-refractivity contribution in [1.82, 2.24) is 19.3 Å². The zero-order valence-corrected chi connectivity index (χ0v) is 18.3. The predicted molar refractivity (Wildman–Crippen MR) is 120 cm³/mol. The molecule has 0 spiro atoms. The molecule has 0 aliphatic carbocycles. The van der Waals surface area contributed by atoms with Crippen molar-refractivity contribution in [2.75, 3.05) is 20.2 Å². The van der Waals surface area contributed by atoms with Crippen molar-refractivity contribution in [1.29, 1.82) is 0 Å². The van der Waals surface area contributed by atoms with E-state index in [1.807, 2.05) is 64.9 Å². The van der Waals surface area contributed by atoms with Gasteiger partial charge in [0.15, 0.2) is 5.89 Å². The number of carbonyl (C=O) groups is 1. The molecule has 0 N–H and O–H groups in total. The van der Waals surface area contributed by atoms with Gasteiger partial charge in [0.25, 0.3) is 5.91 Å². The van der Waals surface area contributed by atoms with E-state index in [1.54, 1.807) is 13.3 Å². The summed E-state index contributed by atoms with van der Waals surface area (Å²) >= 11 is 0. The minimum atomic E-state index is -0.0408. The average molecular weight is 431 g/mol. The van der Waals surface area contributed by atoms with E-state index in [0.29, 0.717) is 24.6 Å². The van der Waals surface area contributed by atoms with Crippen LogP contribution in [0.5, 0.6) is 5.75 Å². The summed E-state index contributed by atoms with van der Waals surface area (Å²) in [5, 5.41) is 0. The fourth-order valence-corrected chi connectivity index (χ4v) is 4.35. The van der Waals surface area contributed by atoms with Gasteiger partial charge in [-0.15, -0.1) is 0 Å². The van der Waals surface area contributed by atoms with E-state index in [0.717, 1.165) is 47.8 Å². The Morgan fingerprint density at radius 1 is 1.25 bits per heavy atom. The number of fused-ring (bicyclic) bond motifs is 1. The second-order valence-electron chi connectivity index (χ2n) is 8.30. The monoisotopic (exact) mass is 430 g/mol. The van der Waals surface area contributed by atoms with E-state index in [9.17, 15) is 4.79 Å². The lowest BCUT2D eigenvalue weighted by Gasteiger charge is -2.30. The lowest BCUT2D eigenvalue weighted by atomic mass is 9.98. The number of aryl methyl sites for hydroxylation is 1. The molecule has 0 bridgehead atoms. The van der Waals surface area contributed by atoms with Gasteiger partial charge < -0.3 is 18.5 Å². The second kappa shape index (κ2) is 8.49. The Morgan fingerprint density at radius 2 is 2.12 bits per heavy atom. The van der Waals surface area contributed by atoms with Crippen LogP contribution in [0.4, 0.5) is 0 Å². The molecule has 0 radical (unpaired) electrons. The first-order valence-corrected chi connectivity index (χ1v) is 10.9. The van der Waals surface area contributed by atoms with Crippen LogP contribution < -0.4 is 4.74 Å². The molecule has 1 fully saturated rings. The highest BCUT2D eigenvalue weighted by atomic mass is 16.5. The smallest absolute Gasteiger partial charge is 0.274 e. The van der Waals surface area contributed by atoms with Crippen LogP contribution >= 0.6 is 0 Å². The van der Waals surface area contributed by atoms with Crippen LogP contribution in [0.15, 0.2) is 59.3 Å². The van der Waals surface area contributed by atoms with E-state index < -0.39 is 0 Å². The maximum atomic E-state index is 13.2. The molecule has 164 valence electrons. The fraction of sp³-hybridized carbons (Fsp3) is 0.320. The normalized spacial score (nSPS) is 16.4. The number of benzene rings is 1. The van der Waals surface area contributed by atoms with E-state index in [4.69, 9.17) is 9.15 Å². The molecular formula is C25H26N4O3. The number of likely N-dealkylation sites (tertiary alicyclic amines) is 1. The predicted octanol–water partition coefficient (Wildman–Crippen LogP) is 4.25. The van der Waals surface area contributed by atoms with E-state index in [1.165, 1.54) is 0 Å². The molecule has 1 aliphatic rings. The third-order valence-electron chi connectivity index (χ3n) is 6.06. The van der Waals surface area contributed by atoms with E-state index in [2.05, 4.69) is 9.97 Å². The number of methoxy groups -OCH3 is 1. The molecular weight excluding hydrogens is 404 g/mol. The molecule has 1 aliphatic heterocycles. The van der Waals surface area contributed by atoms with Crippen molar-refractivity contribution in [2.24, 2.45) is 0 Å². The van der Waals surface area contributed by atoms with Gasteiger partial charge in [-0.1, -0.05) is 18.2 Å². The van der Waals surface area contributed by atoms with Gasteiger partial charge >= 0.3 is 0 Å². The average Bonchev–Trinajstić information content (AvgIpc) is 3.47. The van der Waals surface area contributed by atoms with Crippen LogP contribution in [-0.4, -0.2) is 45.4 Å². The molecule has 7 heteroatoms. The van der Waals surface area contributed by atoms with Gasteiger partial charge in [0.1, 0.15) is 22.9 Å². The number of aromatic nitrogens is 3. The summed E-state index contributed by atoms with van der Waals surface area (Å²) in [4.78, 5) is 24.1. The van der Waals surface area contributed by atoms with E-state index in [-0.39, 0.29) is 11.8 Å². The zero-order chi connectivity index (χ0) is 22.1. The first kappa shape index (κ1) is 20.3. The maximum Gasteiger partial charge on any atom is 0.274 e. The summed E-state index contributed by atoms with van der Waals surface area (Å²) in [6, 6.07) is 13.8. The van der Waals surface area contributed by atoms with Crippen molar-refractivity contribution in [3.8, 4) is 5.75 Å². The first-order chi connectivity index (χ1) is 15.6. The summed E-state index contributed by atoms with van der Waals surface area (Å²) in [5.41, 5.74) is 3.42. The highest BCUT2D eigenvalue weighted by Gasteiger charge is 2.29.